The van der Waals surface area contributed by atoms with Crippen molar-refractivity contribution in [3.05, 3.63) is 83.5 Å². The average Bonchev–Trinajstić information content (AvgIpc) is 3.15. The number of fused-ring (bicyclic) bond motifs is 3. The Labute approximate surface area is 143 Å². The van der Waals surface area contributed by atoms with Crippen LogP contribution < -0.4 is 0 Å². The van der Waals surface area contributed by atoms with Gasteiger partial charge < -0.3 is 0 Å². The van der Waals surface area contributed by atoms with Crippen molar-refractivity contribution in [2.24, 2.45) is 5.92 Å². The predicted octanol–water partition coefficient (Wildman–Crippen LogP) is 4.82. The van der Waals surface area contributed by atoms with Gasteiger partial charge in [-0.1, -0.05) is 0 Å². The summed E-state index contributed by atoms with van der Waals surface area (Å²) in [5, 5.41) is 0. The molecule has 1 atom stereocenters. The van der Waals surface area contributed by atoms with E-state index in [0.717, 1.165) is 6.42 Å². The Bertz CT molecular complexity index is 798. The second-order valence-electron chi connectivity index (χ2n) is 6.14. The summed E-state index contributed by atoms with van der Waals surface area (Å²) in [6, 6.07) is 15.7. The van der Waals surface area contributed by atoms with Gasteiger partial charge in [0.25, 0.3) is 0 Å². The number of allylic oxidation sites excluding steroid dienone is 4. The van der Waals surface area contributed by atoms with Crippen LogP contribution in [0.3, 0.4) is 0 Å². The van der Waals surface area contributed by atoms with E-state index in [1.54, 1.807) is 0 Å². The molecule has 0 saturated carbocycles. The number of benzene rings is 2. The molecule has 0 N–H and O–H groups in total. The van der Waals surface area contributed by atoms with Crippen LogP contribution in [0.25, 0.3) is 11.1 Å². The summed E-state index contributed by atoms with van der Waals surface area (Å²) in [5.74, 6) is 0.993. The molecule has 0 aromatic heterocycles. The van der Waals surface area contributed by atoms with Gasteiger partial charge in [-0.2, -0.15) is 0 Å². The molecule has 0 aliphatic heterocycles. The molecule has 0 nitrogen and oxygen atoms in total. The Morgan fingerprint density at radius 3 is 2.50 bits per heavy atom. The normalized spacial score (nSPS) is 16.6. The van der Waals surface area contributed by atoms with Crippen molar-refractivity contribution >= 4 is 3.90 Å². The zero-order chi connectivity index (χ0) is 15.1. The molecule has 0 bridgehead atoms. The Morgan fingerprint density at radius 2 is 1.73 bits per heavy atom. The monoisotopic (exact) mass is 368 g/mol. The molecule has 2 aliphatic carbocycles. The minimum absolute atomic E-state index is 0.490. The standard InChI is InChI=1S/C21H18.Mo/c1-2-17(15-8-3-4-9-15)19-12-7-13-20-18-11-6-5-10-16(18)14-21(19)20;/h3-13,15,17H,14H2,1H3;. The number of rotatable bonds is 3. The van der Waals surface area contributed by atoms with Crippen LogP contribution in [0.1, 0.15) is 29.5 Å². The van der Waals surface area contributed by atoms with E-state index in [0.29, 0.717) is 11.8 Å². The fourth-order valence-electron chi connectivity index (χ4n) is 3.84. The molecule has 0 fully saturated rings. The molecule has 2 aromatic rings. The van der Waals surface area contributed by atoms with Gasteiger partial charge in [0.1, 0.15) is 0 Å². The summed E-state index contributed by atoms with van der Waals surface area (Å²) >= 11 is 2.19. The van der Waals surface area contributed by atoms with Crippen LogP contribution in [0, 0.1) is 5.92 Å². The molecule has 1 heteroatoms. The third-order valence-electron chi connectivity index (χ3n) is 4.82. The van der Waals surface area contributed by atoms with Gasteiger partial charge in [0.05, 0.1) is 0 Å². The zero-order valence-electron chi connectivity index (χ0n) is 12.6. The third-order valence-corrected chi connectivity index (χ3v) is 5.45. The van der Waals surface area contributed by atoms with Crippen LogP contribution in [-0.2, 0) is 25.8 Å². The zero-order valence-corrected chi connectivity index (χ0v) is 14.6. The number of hydrogen-bond acceptors (Lipinski definition) is 0. The first-order chi connectivity index (χ1) is 10.8. The fraction of sp³-hybridized carbons (Fsp3) is 0.190. The topological polar surface area (TPSA) is 0 Å². The Morgan fingerprint density at radius 1 is 1.00 bits per heavy atom. The van der Waals surface area contributed by atoms with Crippen LogP contribution in [0.2, 0.25) is 0 Å². The van der Waals surface area contributed by atoms with E-state index in [9.17, 15) is 0 Å². The maximum atomic E-state index is 2.34. The van der Waals surface area contributed by atoms with E-state index >= 15 is 0 Å². The third kappa shape index (κ3) is 2.22. The number of hydrogen-bond donors (Lipinski definition) is 0. The second-order valence-corrected chi connectivity index (χ2v) is 7.73. The van der Waals surface area contributed by atoms with E-state index in [-0.39, 0.29) is 0 Å². The van der Waals surface area contributed by atoms with Crippen LogP contribution in [0.4, 0.5) is 0 Å². The van der Waals surface area contributed by atoms with Crippen LogP contribution in [0.5, 0.6) is 0 Å². The van der Waals surface area contributed by atoms with Crippen molar-refractivity contribution < 1.29 is 19.4 Å². The van der Waals surface area contributed by atoms with Crippen molar-refractivity contribution in [2.75, 3.05) is 0 Å². The molecule has 0 spiro atoms. The first-order valence-corrected chi connectivity index (χ1v) is 8.81. The summed E-state index contributed by atoms with van der Waals surface area (Å²) in [6.07, 6.45) is 10.1. The first kappa shape index (κ1) is 14.1. The summed E-state index contributed by atoms with van der Waals surface area (Å²) in [7, 11) is 0. The van der Waals surface area contributed by atoms with Gasteiger partial charge in [0, 0.05) is 0 Å². The summed E-state index contributed by atoms with van der Waals surface area (Å²) in [6.45, 7) is 2.27. The van der Waals surface area contributed by atoms with Crippen LogP contribution in [-0.4, -0.2) is 3.90 Å². The average molecular weight is 366 g/mol. The van der Waals surface area contributed by atoms with Gasteiger partial charge in [-0.05, 0) is 0 Å². The van der Waals surface area contributed by atoms with Gasteiger partial charge in [-0.3, -0.25) is 0 Å². The van der Waals surface area contributed by atoms with Crippen molar-refractivity contribution in [1.29, 1.82) is 0 Å². The summed E-state index contributed by atoms with van der Waals surface area (Å²) < 4.78 is 1.50. The molecular formula is C21H18Mo. The van der Waals surface area contributed by atoms with Gasteiger partial charge in [-0.15, -0.1) is 0 Å². The molecule has 108 valence electrons. The molecule has 0 heterocycles. The SMILES string of the molecule is C[C](=[Mo])C(c1cccc2c1Cc1ccccc1-2)C1C=CC=C1. The Kier molecular flexibility index (Phi) is 3.58. The van der Waals surface area contributed by atoms with Gasteiger partial charge >= 0.3 is 143 Å². The Hall–Kier alpha value is -1.52. The van der Waals surface area contributed by atoms with Crippen LogP contribution >= 0.6 is 0 Å². The van der Waals surface area contributed by atoms with Gasteiger partial charge in [0.2, 0.25) is 0 Å². The van der Waals surface area contributed by atoms with E-state index in [1.165, 1.54) is 31.7 Å². The van der Waals surface area contributed by atoms with Crippen molar-refractivity contribution in [1.82, 2.24) is 0 Å². The first-order valence-electron chi connectivity index (χ1n) is 7.81. The molecule has 22 heavy (non-hydrogen) atoms. The van der Waals surface area contributed by atoms with Crippen molar-refractivity contribution in [3.63, 3.8) is 0 Å². The van der Waals surface area contributed by atoms with E-state index < -0.39 is 0 Å². The quantitative estimate of drug-likeness (QED) is 0.583. The van der Waals surface area contributed by atoms with E-state index in [2.05, 4.69) is 93.0 Å². The van der Waals surface area contributed by atoms with Gasteiger partial charge in [0.15, 0.2) is 0 Å². The molecule has 1 unspecified atom stereocenters. The second kappa shape index (κ2) is 5.59. The molecular weight excluding hydrogens is 348 g/mol. The molecule has 2 aliphatic rings. The summed E-state index contributed by atoms with van der Waals surface area (Å²) in [5.41, 5.74) is 7.37. The maximum absolute atomic E-state index is 2.34. The molecule has 0 radical (unpaired) electrons. The van der Waals surface area contributed by atoms with Crippen LogP contribution in [0.15, 0.2) is 66.8 Å². The summed E-state index contributed by atoms with van der Waals surface area (Å²) in [4.78, 5) is 0. The van der Waals surface area contributed by atoms with Crippen molar-refractivity contribution in [3.8, 4) is 11.1 Å². The molecule has 2 aromatic carbocycles. The van der Waals surface area contributed by atoms with E-state index in [4.69, 9.17) is 0 Å². The molecule has 0 saturated heterocycles. The predicted molar refractivity (Wildman–Crippen MR) is 89.9 cm³/mol. The molecule has 4 rings (SSSR count). The minimum atomic E-state index is 0.490. The fourth-order valence-corrected chi connectivity index (χ4v) is 4.54. The van der Waals surface area contributed by atoms with Gasteiger partial charge in [-0.25, -0.2) is 0 Å². The Balaban J connectivity index is 1.86. The van der Waals surface area contributed by atoms with Crippen molar-refractivity contribution in [2.45, 2.75) is 19.3 Å². The molecule has 0 amide bonds. The van der Waals surface area contributed by atoms with E-state index in [1.807, 2.05) is 0 Å².